The Kier molecular flexibility index (Phi) is 2.67. The average Bonchev–Trinajstić information content (AvgIpc) is 2.46. The highest BCUT2D eigenvalue weighted by Crippen LogP contribution is 2.41. The molecule has 0 fully saturated rings. The SMILES string of the molecule is [2H]C1([2H])C[C@H](c2ccc(Cl)c(Cl)c2)c2ccccc2[C@]1([2H])N. The number of benzene rings is 2. The summed E-state index contributed by atoms with van der Waals surface area (Å²) in [6, 6.07) is 10.8. The summed E-state index contributed by atoms with van der Waals surface area (Å²) < 4.78 is 24.8. The van der Waals surface area contributed by atoms with Gasteiger partial charge in [-0.25, -0.2) is 0 Å². The second-order valence-corrected chi connectivity index (χ2v) is 5.42. The lowest BCUT2D eigenvalue weighted by Crippen LogP contribution is -2.20. The van der Waals surface area contributed by atoms with Crippen LogP contribution in [0.15, 0.2) is 42.5 Å². The van der Waals surface area contributed by atoms with Gasteiger partial charge in [-0.2, -0.15) is 0 Å². The van der Waals surface area contributed by atoms with E-state index in [4.69, 9.17) is 33.0 Å². The minimum absolute atomic E-state index is 0.127. The zero-order valence-electron chi connectivity index (χ0n) is 13.2. The minimum Gasteiger partial charge on any atom is -0.324 e. The van der Waals surface area contributed by atoms with Crippen LogP contribution in [0, 0.1) is 0 Å². The monoisotopic (exact) mass is 294 g/mol. The second-order valence-electron chi connectivity index (χ2n) is 4.61. The molecule has 0 unspecified atom stereocenters. The molecule has 0 aliphatic heterocycles. The molecule has 3 heteroatoms. The number of hydrogen-bond acceptors (Lipinski definition) is 1. The van der Waals surface area contributed by atoms with Gasteiger partial charge in [0, 0.05) is 14.7 Å². The second kappa shape index (κ2) is 5.16. The van der Waals surface area contributed by atoms with Crippen molar-refractivity contribution in [2.45, 2.75) is 24.7 Å². The van der Waals surface area contributed by atoms with Gasteiger partial charge in [0.25, 0.3) is 0 Å². The molecular weight excluding hydrogens is 277 g/mol. The fourth-order valence-electron chi connectivity index (χ4n) is 2.49. The predicted octanol–water partition coefficient (Wildman–Crippen LogP) is 4.92. The number of nitrogens with two attached hydrogens (primary N) is 1. The fourth-order valence-corrected chi connectivity index (χ4v) is 2.80. The molecule has 2 N–H and O–H groups in total. The van der Waals surface area contributed by atoms with Gasteiger partial charge in [-0.05, 0) is 41.6 Å². The summed E-state index contributed by atoms with van der Waals surface area (Å²) in [5.41, 5.74) is 8.27. The first-order chi connectivity index (χ1) is 10.2. The molecule has 0 saturated heterocycles. The third-order valence-electron chi connectivity index (χ3n) is 3.47. The van der Waals surface area contributed by atoms with Gasteiger partial charge in [-0.3, -0.25) is 0 Å². The van der Waals surface area contributed by atoms with Crippen molar-refractivity contribution in [1.29, 1.82) is 0 Å². The van der Waals surface area contributed by atoms with Crippen LogP contribution in [-0.2, 0) is 0 Å². The summed E-state index contributed by atoms with van der Waals surface area (Å²) in [5.74, 6) is -0.206. The molecule has 0 spiro atoms. The fraction of sp³-hybridized carbons (Fsp3) is 0.250. The number of halogens is 2. The van der Waals surface area contributed by atoms with Crippen LogP contribution < -0.4 is 5.73 Å². The zero-order valence-corrected chi connectivity index (χ0v) is 11.7. The van der Waals surface area contributed by atoms with Crippen molar-refractivity contribution in [3.63, 3.8) is 0 Å². The Hall–Kier alpha value is -1.02. The molecule has 1 aliphatic rings. The smallest absolute Gasteiger partial charge is 0.0595 e. The van der Waals surface area contributed by atoms with Crippen molar-refractivity contribution in [1.82, 2.24) is 0 Å². The van der Waals surface area contributed by atoms with E-state index in [1.54, 1.807) is 24.3 Å². The first-order valence-corrected chi connectivity index (χ1v) is 6.83. The Bertz CT molecular complexity index is 731. The molecule has 2 atom stereocenters. The van der Waals surface area contributed by atoms with Crippen LogP contribution in [0.5, 0.6) is 0 Å². The van der Waals surface area contributed by atoms with Crippen LogP contribution in [0.1, 0.15) is 45.5 Å². The van der Waals surface area contributed by atoms with Crippen molar-refractivity contribution >= 4 is 23.2 Å². The first-order valence-electron chi connectivity index (χ1n) is 7.57. The van der Waals surface area contributed by atoms with Gasteiger partial charge in [-0.15, -0.1) is 0 Å². The molecule has 1 aliphatic carbocycles. The molecule has 0 saturated carbocycles. The lowest BCUT2D eigenvalue weighted by atomic mass is 9.77. The minimum atomic E-state index is -1.85. The summed E-state index contributed by atoms with van der Waals surface area (Å²) in [6.07, 6.45) is -1.72. The van der Waals surface area contributed by atoms with Gasteiger partial charge in [-0.1, -0.05) is 53.5 Å². The van der Waals surface area contributed by atoms with Crippen LogP contribution in [-0.4, -0.2) is 0 Å². The summed E-state index contributed by atoms with van der Waals surface area (Å²) in [7, 11) is 0. The highest BCUT2D eigenvalue weighted by molar-refractivity contribution is 6.42. The topological polar surface area (TPSA) is 26.0 Å². The van der Waals surface area contributed by atoms with E-state index in [9.17, 15) is 0 Å². The summed E-state index contributed by atoms with van der Waals surface area (Å²) in [6.45, 7) is 0. The van der Waals surface area contributed by atoms with Gasteiger partial charge < -0.3 is 5.73 Å². The van der Waals surface area contributed by atoms with Crippen LogP contribution in [0.3, 0.4) is 0 Å². The molecule has 98 valence electrons. The molecule has 0 bridgehead atoms. The van der Waals surface area contributed by atoms with E-state index in [0.29, 0.717) is 15.6 Å². The summed E-state index contributed by atoms with van der Waals surface area (Å²) in [5, 5.41) is 0.902. The molecule has 0 heterocycles. The Morgan fingerprint density at radius 1 is 1.11 bits per heavy atom. The third-order valence-corrected chi connectivity index (χ3v) is 4.21. The van der Waals surface area contributed by atoms with E-state index < -0.39 is 12.4 Å². The Labute approximate surface area is 127 Å². The standard InChI is InChI=1S/C16H15Cl2N/c17-14-7-5-10(9-15(14)18)11-6-8-16(19)13-4-2-1-3-12(11)13/h1-5,7,9,11,16H,6,8,19H2/t11-,16-/m1/s1/i8D2,16D. The van der Waals surface area contributed by atoms with E-state index in [-0.39, 0.29) is 12.3 Å². The first kappa shape index (κ1) is 9.82. The molecule has 1 nitrogen and oxygen atoms in total. The highest BCUT2D eigenvalue weighted by Gasteiger charge is 2.26. The van der Waals surface area contributed by atoms with Gasteiger partial charge in [0.1, 0.15) is 0 Å². The van der Waals surface area contributed by atoms with Gasteiger partial charge in [0.2, 0.25) is 0 Å². The number of rotatable bonds is 1. The van der Waals surface area contributed by atoms with E-state index >= 15 is 0 Å². The predicted molar refractivity (Wildman–Crippen MR) is 80.9 cm³/mol. The van der Waals surface area contributed by atoms with Gasteiger partial charge >= 0.3 is 0 Å². The van der Waals surface area contributed by atoms with E-state index in [1.807, 2.05) is 18.2 Å². The molecule has 2 aromatic rings. The number of hydrogen-bond donors (Lipinski definition) is 1. The largest absolute Gasteiger partial charge is 0.324 e. The van der Waals surface area contributed by atoms with Crippen LogP contribution in [0.4, 0.5) is 0 Å². The Balaban J connectivity index is 2.19. The van der Waals surface area contributed by atoms with Crippen molar-refractivity contribution in [2.75, 3.05) is 0 Å². The lowest BCUT2D eigenvalue weighted by molar-refractivity contribution is 0.530. The number of fused-ring (bicyclic) bond motifs is 1. The van der Waals surface area contributed by atoms with Gasteiger partial charge in [0.15, 0.2) is 0 Å². The van der Waals surface area contributed by atoms with E-state index in [2.05, 4.69) is 0 Å². The van der Waals surface area contributed by atoms with Crippen LogP contribution >= 0.6 is 23.2 Å². The molecule has 19 heavy (non-hydrogen) atoms. The van der Waals surface area contributed by atoms with Crippen molar-refractivity contribution in [3.8, 4) is 0 Å². The van der Waals surface area contributed by atoms with Crippen molar-refractivity contribution < 1.29 is 4.11 Å². The molecule has 3 rings (SSSR count). The van der Waals surface area contributed by atoms with Crippen molar-refractivity contribution in [3.05, 3.63) is 69.2 Å². The quantitative estimate of drug-likeness (QED) is 0.794. The van der Waals surface area contributed by atoms with Crippen molar-refractivity contribution in [2.24, 2.45) is 5.73 Å². The molecule has 0 aromatic heterocycles. The zero-order chi connectivity index (χ0) is 16.1. The van der Waals surface area contributed by atoms with Crippen LogP contribution in [0.2, 0.25) is 10.0 Å². The van der Waals surface area contributed by atoms with Crippen LogP contribution in [0.25, 0.3) is 0 Å². The average molecular weight is 295 g/mol. The van der Waals surface area contributed by atoms with Gasteiger partial charge in [0.05, 0.1) is 11.4 Å². The molecular formula is C16H15Cl2N. The third kappa shape index (κ3) is 2.38. The van der Waals surface area contributed by atoms with E-state index in [0.717, 1.165) is 11.1 Å². The highest BCUT2D eigenvalue weighted by atomic mass is 35.5. The molecule has 0 amide bonds. The maximum atomic E-state index is 8.30. The summed E-state index contributed by atoms with van der Waals surface area (Å²) >= 11 is 12.1. The normalized spacial score (nSPS) is 30.9. The summed E-state index contributed by atoms with van der Waals surface area (Å²) in [4.78, 5) is 0. The Morgan fingerprint density at radius 3 is 2.58 bits per heavy atom. The molecule has 0 radical (unpaired) electrons. The lowest BCUT2D eigenvalue weighted by Gasteiger charge is -2.30. The Morgan fingerprint density at radius 2 is 1.84 bits per heavy atom. The molecule has 2 aromatic carbocycles. The van der Waals surface area contributed by atoms with E-state index in [1.165, 1.54) is 0 Å². The maximum absolute atomic E-state index is 8.30. The maximum Gasteiger partial charge on any atom is 0.0595 e.